The molecule has 1 heterocycles. The van der Waals surface area contributed by atoms with Crippen LogP contribution in [0.5, 0.6) is 5.75 Å². The maximum absolute atomic E-state index is 5.61. The largest absolute Gasteiger partial charge is 0.478 e. The summed E-state index contributed by atoms with van der Waals surface area (Å²) in [6.07, 6.45) is 1.08. The van der Waals surface area contributed by atoms with Crippen LogP contribution in [0.3, 0.4) is 0 Å². The second-order valence-corrected chi connectivity index (χ2v) is 9.09. The summed E-state index contributed by atoms with van der Waals surface area (Å²) in [5.74, 6) is 0.783. The van der Waals surface area contributed by atoms with Crippen LogP contribution in [0.4, 0.5) is 0 Å². The monoisotopic (exact) mass is 369 g/mol. The maximum Gasteiger partial charge on any atom is 0.152 e. The fourth-order valence-corrected chi connectivity index (χ4v) is 4.15. The Balaban J connectivity index is 2.16. The molecule has 0 N–H and O–H groups in total. The average Bonchev–Trinajstić information content (AvgIpc) is 2.95. The van der Waals surface area contributed by atoms with Crippen LogP contribution in [0.25, 0.3) is 16.7 Å². The molecule has 0 bridgehead atoms. The first-order valence-corrected chi connectivity index (χ1v) is 9.42. The Bertz CT molecular complexity index is 905. The van der Waals surface area contributed by atoms with Gasteiger partial charge in [0.05, 0.1) is 9.47 Å². The van der Waals surface area contributed by atoms with E-state index in [9.17, 15) is 0 Å². The number of hydrogen-bond donors (Lipinski definition) is 0. The molecule has 0 aliphatic heterocycles. The van der Waals surface area contributed by atoms with Gasteiger partial charge in [0, 0.05) is 0 Å². The molecule has 3 rings (SSSR count). The Morgan fingerprint density at radius 3 is 2.08 bits per heavy atom. The smallest absolute Gasteiger partial charge is 0.152 e. The van der Waals surface area contributed by atoms with Crippen molar-refractivity contribution in [2.45, 2.75) is 53.4 Å². The van der Waals surface area contributed by atoms with E-state index in [2.05, 4.69) is 73.3 Å². The van der Waals surface area contributed by atoms with Crippen molar-refractivity contribution in [3.05, 3.63) is 47.5 Å². The molecule has 0 fully saturated rings. The van der Waals surface area contributed by atoms with E-state index in [1.165, 1.54) is 5.56 Å². The van der Waals surface area contributed by atoms with Gasteiger partial charge in [-0.2, -0.15) is 0 Å². The molecule has 0 amide bonds. The third-order valence-corrected chi connectivity index (χ3v) is 4.86. The normalized spacial score (nSPS) is 12.6. The quantitative estimate of drug-likeness (QED) is 0.561. The summed E-state index contributed by atoms with van der Waals surface area (Å²) in [5, 5.41) is 9.29. The molecule has 5 heteroatoms. The molecule has 0 saturated carbocycles. The molecule has 3 aromatic rings. The molecule has 0 saturated heterocycles. The highest BCUT2D eigenvalue weighted by molar-refractivity contribution is 7.10. The minimum absolute atomic E-state index is 0.0315. The summed E-state index contributed by atoms with van der Waals surface area (Å²) in [4.78, 5) is 1.69. The van der Waals surface area contributed by atoms with E-state index in [0.717, 1.165) is 34.5 Å². The van der Waals surface area contributed by atoms with E-state index in [1.807, 2.05) is 24.3 Å². The fraction of sp³-hybridized carbons (Fsp3) is 0.429. The van der Waals surface area contributed by atoms with E-state index in [0.29, 0.717) is 0 Å². The van der Waals surface area contributed by atoms with Gasteiger partial charge in [0.15, 0.2) is 5.75 Å². The van der Waals surface area contributed by atoms with Gasteiger partial charge in [-0.05, 0) is 53.5 Å². The van der Waals surface area contributed by atoms with Crippen LogP contribution in [0.15, 0.2) is 36.4 Å². The number of fused-ring (bicyclic) bond motifs is 1. The molecular formula is C21H28N3OP. The van der Waals surface area contributed by atoms with Crippen LogP contribution in [0.2, 0.25) is 0 Å². The number of aromatic nitrogens is 3. The van der Waals surface area contributed by atoms with Gasteiger partial charge in [0.2, 0.25) is 0 Å². The molecule has 138 valence electrons. The van der Waals surface area contributed by atoms with Crippen molar-refractivity contribution in [2.75, 3.05) is 0 Å². The van der Waals surface area contributed by atoms with Crippen LogP contribution >= 0.6 is 9.47 Å². The lowest BCUT2D eigenvalue weighted by molar-refractivity contribution is 0.284. The molecule has 4 nitrogen and oxygen atoms in total. The predicted octanol–water partition coefficient (Wildman–Crippen LogP) is 5.61. The molecule has 1 unspecified atom stereocenters. The highest BCUT2D eigenvalue weighted by atomic mass is 31.0. The summed E-state index contributed by atoms with van der Waals surface area (Å²) < 4.78 is 5.61. The Labute approximate surface area is 158 Å². The van der Waals surface area contributed by atoms with Crippen LogP contribution in [0, 0.1) is 12.3 Å². The minimum Gasteiger partial charge on any atom is -0.478 e. The van der Waals surface area contributed by atoms with Crippen molar-refractivity contribution in [2.24, 2.45) is 5.41 Å². The third-order valence-electron chi connectivity index (χ3n) is 4.63. The van der Waals surface area contributed by atoms with Gasteiger partial charge in [-0.25, -0.2) is 0 Å². The second kappa shape index (κ2) is 6.66. The molecular weight excluding hydrogens is 341 g/mol. The number of hydrogen-bond acceptors (Lipinski definition) is 3. The maximum atomic E-state index is 5.61. The van der Waals surface area contributed by atoms with E-state index >= 15 is 0 Å². The van der Waals surface area contributed by atoms with Crippen molar-refractivity contribution in [1.82, 2.24) is 15.0 Å². The SMILES string of the molecule is Cc1cc(C(C)(C)CC(C)(C)C)cc(-n2nc3ccccc3n2)c1OP. The van der Waals surface area contributed by atoms with Crippen LogP contribution in [-0.4, -0.2) is 15.0 Å². The van der Waals surface area contributed by atoms with Gasteiger partial charge in [-0.1, -0.05) is 52.8 Å². The highest BCUT2D eigenvalue weighted by Gasteiger charge is 2.29. The lowest BCUT2D eigenvalue weighted by Crippen LogP contribution is -2.25. The van der Waals surface area contributed by atoms with E-state index in [1.54, 1.807) is 4.80 Å². The Hall–Kier alpha value is -1.93. The number of rotatable bonds is 4. The van der Waals surface area contributed by atoms with Crippen LogP contribution in [-0.2, 0) is 5.41 Å². The number of benzene rings is 2. The topological polar surface area (TPSA) is 39.9 Å². The molecule has 1 aromatic heterocycles. The molecule has 26 heavy (non-hydrogen) atoms. The van der Waals surface area contributed by atoms with Gasteiger partial charge < -0.3 is 4.52 Å². The van der Waals surface area contributed by atoms with E-state index < -0.39 is 0 Å². The lowest BCUT2D eigenvalue weighted by Gasteiger charge is -2.33. The minimum atomic E-state index is 0.0315. The summed E-state index contributed by atoms with van der Waals surface area (Å²) in [7, 11) is 2.35. The Morgan fingerprint density at radius 2 is 1.58 bits per heavy atom. The number of aryl methyl sites for hydroxylation is 1. The highest BCUT2D eigenvalue weighted by Crippen LogP contribution is 2.40. The first-order chi connectivity index (χ1) is 12.1. The third kappa shape index (κ3) is 3.76. The van der Waals surface area contributed by atoms with Crippen molar-refractivity contribution in [3.8, 4) is 11.4 Å². The molecule has 0 radical (unpaired) electrons. The molecule has 0 aliphatic carbocycles. The zero-order valence-corrected chi connectivity index (χ0v) is 17.7. The summed E-state index contributed by atoms with van der Waals surface area (Å²) in [6.45, 7) is 13.5. The molecule has 1 atom stereocenters. The average molecular weight is 369 g/mol. The van der Waals surface area contributed by atoms with Crippen molar-refractivity contribution < 1.29 is 4.52 Å². The number of nitrogens with zero attached hydrogens (tertiary/aromatic N) is 3. The predicted molar refractivity (Wildman–Crippen MR) is 111 cm³/mol. The molecule has 0 spiro atoms. The Morgan fingerprint density at radius 1 is 1.00 bits per heavy atom. The zero-order valence-electron chi connectivity index (χ0n) is 16.5. The van der Waals surface area contributed by atoms with Gasteiger partial charge in [0.1, 0.15) is 16.7 Å². The van der Waals surface area contributed by atoms with E-state index in [-0.39, 0.29) is 10.8 Å². The van der Waals surface area contributed by atoms with Crippen molar-refractivity contribution in [3.63, 3.8) is 0 Å². The zero-order chi connectivity index (χ0) is 19.1. The first kappa shape index (κ1) is 18.8. The Kier molecular flexibility index (Phi) is 4.83. The summed E-state index contributed by atoms with van der Waals surface area (Å²) in [6, 6.07) is 12.3. The first-order valence-electron chi connectivity index (χ1n) is 8.95. The fourth-order valence-electron chi connectivity index (χ4n) is 3.84. The van der Waals surface area contributed by atoms with Crippen LogP contribution < -0.4 is 4.52 Å². The van der Waals surface area contributed by atoms with Gasteiger partial charge in [0.25, 0.3) is 0 Å². The van der Waals surface area contributed by atoms with E-state index in [4.69, 9.17) is 4.52 Å². The standard InChI is InChI=1S/C21H28N3OP/c1-14-11-15(21(5,6)13-20(2,3)4)12-18(19(14)25-26)24-22-16-9-7-8-10-17(16)23-24/h7-12H,13,26H2,1-6H3. The van der Waals surface area contributed by atoms with Gasteiger partial charge >= 0.3 is 0 Å². The molecule has 0 aliphatic rings. The summed E-state index contributed by atoms with van der Waals surface area (Å²) >= 11 is 0. The second-order valence-electron chi connectivity index (χ2n) is 8.86. The molecule has 2 aromatic carbocycles. The van der Waals surface area contributed by atoms with Gasteiger partial charge in [-0.15, -0.1) is 15.0 Å². The van der Waals surface area contributed by atoms with Crippen molar-refractivity contribution in [1.29, 1.82) is 0 Å². The summed E-state index contributed by atoms with van der Waals surface area (Å²) in [5.41, 5.74) is 5.24. The van der Waals surface area contributed by atoms with Gasteiger partial charge in [-0.3, -0.25) is 0 Å². The van der Waals surface area contributed by atoms with Crippen LogP contribution in [0.1, 0.15) is 52.2 Å². The van der Waals surface area contributed by atoms with Crippen molar-refractivity contribution >= 4 is 20.5 Å². The lowest BCUT2D eigenvalue weighted by atomic mass is 9.72.